The molecular weight excluding hydrogens is 244 g/mol. The van der Waals surface area contributed by atoms with E-state index in [1.165, 1.54) is 6.33 Å². The van der Waals surface area contributed by atoms with E-state index in [-0.39, 0.29) is 6.04 Å². The normalized spacial score (nSPS) is 13.4. The zero-order valence-electron chi connectivity index (χ0n) is 7.79. The molecule has 0 radical (unpaired) electrons. The summed E-state index contributed by atoms with van der Waals surface area (Å²) in [5.74, 6) is 0. The van der Waals surface area contributed by atoms with Crippen LogP contribution in [-0.2, 0) is 6.42 Å². The standard InChI is InChI=1S/C9H11BrN4/c1-5(11)2-6-7-3-12-4-13-9(7)14-8(6)10/h3-5H,2,11H2,1H3,(H,12,13,14). The Morgan fingerprint density at radius 3 is 3.14 bits per heavy atom. The van der Waals surface area contributed by atoms with Crippen LogP contribution in [0.4, 0.5) is 0 Å². The van der Waals surface area contributed by atoms with Crippen LogP contribution in [-0.4, -0.2) is 21.0 Å². The summed E-state index contributed by atoms with van der Waals surface area (Å²) < 4.78 is 0.949. The van der Waals surface area contributed by atoms with Gasteiger partial charge in [-0.3, -0.25) is 0 Å². The minimum absolute atomic E-state index is 0.130. The molecule has 1 atom stereocenters. The van der Waals surface area contributed by atoms with Crippen molar-refractivity contribution in [2.45, 2.75) is 19.4 Å². The second-order valence-corrected chi connectivity index (χ2v) is 4.18. The van der Waals surface area contributed by atoms with Crippen molar-refractivity contribution in [1.29, 1.82) is 0 Å². The van der Waals surface area contributed by atoms with Crippen LogP contribution >= 0.6 is 15.9 Å². The maximum atomic E-state index is 5.77. The van der Waals surface area contributed by atoms with Gasteiger partial charge in [-0.1, -0.05) is 0 Å². The third-order valence-electron chi connectivity index (χ3n) is 2.06. The molecule has 2 aromatic rings. The Kier molecular flexibility index (Phi) is 2.52. The van der Waals surface area contributed by atoms with E-state index in [1.807, 2.05) is 6.92 Å². The molecule has 0 aromatic carbocycles. The van der Waals surface area contributed by atoms with Crippen LogP contribution in [0.25, 0.3) is 11.0 Å². The van der Waals surface area contributed by atoms with Crippen molar-refractivity contribution in [1.82, 2.24) is 15.0 Å². The molecule has 0 bridgehead atoms. The number of halogens is 1. The molecule has 4 nitrogen and oxygen atoms in total. The summed E-state index contributed by atoms with van der Waals surface area (Å²) in [6.07, 6.45) is 4.15. The highest BCUT2D eigenvalue weighted by Gasteiger charge is 2.11. The van der Waals surface area contributed by atoms with Crippen molar-refractivity contribution < 1.29 is 0 Å². The van der Waals surface area contributed by atoms with Gasteiger partial charge >= 0.3 is 0 Å². The summed E-state index contributed by atoms with van der Waals surface area (Å²) in [6.45, 7) is 1.98. The molecule has 0 saturated carbocycles. The van der Waals surface area contributed by atoms with E-state index < -0.39 is 0 Å². The first-order chi connectivity index (χ1) is 6.68. The average Bonchev–Trinajstić information content (AvgIpc) is 2.43. The van der Waals surface area contributed by atoms with Gasteiger partial charge in [0.25, 0.3) is 0 Å². The number of H-pyrrole nitrogens is 1. The molecular formula is C9H11BrN4. The van der Waals surface area contributed by atoms with Crippen LogP contribution in [0.2, 0.25) is 0 Å². The number of nitrogens with two attached hydrogens (primary N) is 1. The van der Waals surface area contributed by atoms with E-state index in [4.69, 9.17) is 5.73 Å². The smallest absolute Gasteiger partial charge is 0.141 e. The number of rotatable bonds is 2. The predicted molar refractivity (Wildman–Crippen MR) is 58.9 cm³/mol. The molecule has 3 N–H and O–H groups in total. The monoisotopic (exact) mass is 254 g/mol. The molecule has 0 amide bonds. The quantitative estimate of drug-likeness (QED) is 0.856. The van der Waals surface area contributed by atoms with Crippen molar-refractivity contribution in [3.63, 3.8) is 0 Å². The maximum Gasteiger partial charge on any atom is 0.141 e. The maximum absolute atomic E-state index is 5.77. The minimum Gasteiger partial charge on any atom is -0.334 e. The van der Waals surface area contributed by atoms with Crippen LogP contribution in [0, 0.1) is 0 Å². The Balaban J connectivity index is 2.56. The zero-order chi connectivity index (χ0) is 10.1. The number of nitrogens with zero attached hydrogens (tertiary/aromatic N) is 2. The molecule has 0 aliphatic rings. The molecule has 5 heteroatoms. The lowest BCUT2D eigenvalue weighted by molar-refractivity contribution is 0.739. The van der Waals surface area contributed by atoms with Gasteiger partial charge in [-0.15, -0.1) is 0 Å². The highest BCUT2D eigenvalue weighted by molar-refractivity contribution is 9.10. The lowest BCUT2D eigenvalue weighted by atomic mass is 10.1. The van der Waals surface area contributed by atoms with Crippen molar-refractivity contribution in [2.75, 3.05) is 0 Å². The van der Waals surface area contributed by atoms with Crippen LogP contribution in [0.3, 0.4) is 0 Å². The molecule has 0 spiro atoms. The summed E-state index contributed by atoms with van der Waals surface area (Å²) >= 11 is 3.46. The van der Waals surface area contributed by atoms with E-state index in [0.717, 1.165) is 27.6 Å². The van der Waals surface area contributed by atoms with Crippen LogP contribution in [0.15, 0.2) is 17.1 Å². The summed E-state index contributed by atoms with van der Waals surface area (Å²) in [5, 5.41) is 1.04. The van der Waals surface area contributed by atoms with Crippen molar-refractivity contribution in [3.05, 3.63) is 22.7 Å². The molecule has 74 valence electrons. The lowest BCUT2D eigenvalue weighted by Crippen LogP contribution is -2.17. The Hall–Kier alpha value is -0.940. The van der Waals surface area contributed by atoms with Gasteiger partial charge < -0.3 is 10.7 Å². The van der Waals surface area contributed by atoms with Gasteiger partial charge in [-0.25, -0.2) is 9.97 Å². The SMILES string of the molecule is CC(N)Cc1c(Br)[nH]c2ncncc12. The first kappa shape index (κ1) is 9.61. The van der Waals surface area contributed by atoms with E-state index in [0.29, 0.717) is 0 Å². The van der Waals surface area contributed by atoms with Crippen molar-refractivity contribution in [2.24, 2.45) is 5.73 Å². The molecule has 0 aliphatic carbocycles. The molecule has 0 fully saturated rings. The minimum atomic E-state index is 0.130. The molecule has 1 unspecified atom stereocenters. The third-order valence-corrected chi connectivity index (χ3v) is 2.73. The van der Waals surface area contributed by atoms with Gasteiger partial charge in [0.1, 0.15) is 12.0 Å². The largest absolute Gasteiger partial charge is 0.334 e. The second-order valence-electron chi connectivity index (χ2n) is 3.38. The zero-order valence-corrected chi connectivity index (χ0v) is 9.37. The second kappa shape index (κ2) is 3.67. The van der Waals surface area contributed by atoms with Crippen LogP contribution < -0.4 is 5.73 Å². The average molecular weight is 255 g/mol. The van der Waals surface area contributed by atoms with Gasteiger partial charge in [-0.05, 0) is 34.8 Å². The Morgan fingerprint density at radius 1 is 1.64 bits per heavy atom. The first-order valence-electron chi connectivity index (χ1n) is 4.40. The summed E-state index contributed by atoms with van der Waals surface area (Å²) in [5.41, 5.74) is 7.77. The molecule has 0 aliphatic heterocycles. The first-order valence-corrected chi connectivity index (χ1v) is 5.19. The third kappa shape index (κ3) is 1.65. The number of fused-ring (bicyclic) bond motifs is 1. The fraction of sp³-hybridized carbons (Fsp3) is 0.333. The summed E-state index contributed by atoms with van der Waals surface area (Å²) in [7, 11) is 0. The van der Waals surface area contributed by atoms with Gasteiger partial charge in [0, 0.05) is 17.6 Å². The highest BCUT2D eigenvalue weighted by Crippen LogP contribution is 2.25. The Labute approximate surface area is 90.1 Å². The fourth-order valence-corrected chi connectivity index (χ4v) is 2.03. The summed E-state index contributed by atoms with van der Waals surface area (Å²) in [6, 6.07) is 0.130. The number of aromatic amines is 1. The van der Waals surface area contributed by atoms with Crippen LogP contribution in [0.1, 0.15) is 12.5 Å². The Morgan fingerprint density at radius 2 is 2.43 bits per heavy atom. The molecule has 0 saturated heterocycles. The molecule has 2 heterocycles. The predicted octanol–water partition coefficient (Wildman–Crippen LogP) is 1.61. The lowest BCUT2D eigenvalue weighted by Gasteiger charge is -2.03. The van der Waals surface area contributed by atoms with Crippen molar-refractivity contribution in [3.8, 4) is 0 Å². The topological polar surface area (TPSA) is 67.6 Å². The molecule has 2 aromatic heterocycles. The highest BCUT2D eigenvalue weighted by atomic mass is 79.9. The van der Waals surface area contributed by atoms with E-state index in [2.05, 4.69) is 30.9 Å². The van der Waals surface area contributed by atoms with Crippen LogP contribution in [0.5, 0.6) is 0 Å². The molecule has 14 heavy (non-hydrogen) atoms. The van der Waals surface area contributed by atoms with Gasteiger partial charge in [0.15, 0.2) is 0 Å². The van der Waals surface area contributed by atoms with Gasteiger partial charge in [0.05, 0.1) is 4.60 Å². The Bertz CT molecular complexity index is 449. The fourth-order valence-electron chi connectivity index (χ4n) is 1.47. The van der Waals surface area contributed by atoms with Gasteiger partial charge in [0.2, 0.25) is 0 Å². The van der Waals surface area contributed by atoms with Gasteiger partial charge in [-0.2, -0.15) is 0 Å². The van der Waals surface area contributed by atoms with E-state index >= 15 is 0 Å². The number of aromatic nitrogens is 3. The van der Waals surface area contributed by atoms with E-state index in [1.54, 1.807) is 6.20 Å². The van der Waals surface area contributed by atoms with E-state index in [9.17, 15) is 0 Å². The number of hydrogen-bond acceptors (Lipinski definition) is 3. The number of hydrogen-bond donors (Lipinski definition) is 2. The summed E-state index contributed by atoms with van der Waals surface area (Å²) in [4.78, 5) is 11.3. The number of nitrogens with one attached hydrogen (secondary N) is 1. The van der Waals surface area contributed by atoms with Crippen molar-refractivity contribution >= 4 is 27.0 Å². The molecule has 2 rings (SSSR count).